The van der Waals surface area contributed by atoms with Gasteiger partial charge in [-0.15, -0.1) is 0 Å². The first-order valence-corrected chi connectivity index (χ1v) is 11.7. The number of anilines is 1. The van der Waals surface area contributed by atoms with Crippen LogP contribution < -0.4 is 14.4 Å². The highest BCUT2D eigenvalue weighted by molar-refractivity contribution is 7.92. The molecule has 8 heteroatoms. The Labute approximate surface area is 178 Å². The Bertz CT molecular complexity index is 946. The number of sulfonamides is 1. The molecule has 0 aromatic heterocycles. The van der Waals surface area contributed by atoms with E-state index in [0.29, 0.717) is 13.0 Å². The van der Waals surface area contributed by atoms with E-state index in [0.717, 1.165) is 40.4 Å². The highest BCUT2D eigenvalue weighted by Crippen LogP contribution is 2.21. The molecule has 164 valence electrons. The number of hydrogen-bond donors (Lipinski definition) is 1. The van der Waals surface area contributed by atoms with E-state index in [9.17, 15) is 17.6 Å². The summed E-state index contributed by atoms with van der Waals surface area (Å²) in [6.07, 6.45) is 2.56. The van der Waals surface area contributed by atoms with Gasteiger partial charge in [0.25, 0.3) is 0 Å². The molecule has 2 rings (SSSR count). The zero-order chi connectivity index (χ0) is 22.3. The molecule has 0 spiro atoms. The highest BCUT2D eigenvalue weighted by atomic mass is 32.2. The molecule has 0 unspecified atom stereocenters. The van der Waals surface area contributed by atoms with Crippen molar-refractivity contribution in [1.82, 2.24) is 5.32 Å². The van der Waals surface area contributed by atoms with Gasteiger partial charge >= 0.3 is 0 Å². The average Bonchev–Trinajstić information content (AvgIpc) is 2.65. The van der Waals surface area contributed by atoms with Gasteiger partial charge in [-0.3, -0.25) is 9.10 Å². The lowest BCUT2D eigenvalue weighted by atomic mass is 10.1. The SMILES string of the molecule is CC(C)Oc1cccc(CCCNC(=O)[C@H](C)N(c2ccc(F)cc2)S(C)(=O)=O)c1. The fraction of sp³-hybridized carbons (Fsp3) is 0.409. The fourth-order valence-electron chi connectivity index (χ4n) is 3.10. The van der Waals surface area contributed by atoms with Gasteiger partial charge in [0.05, 0.1) is 18.0 Å². The molecule has 2 aromatic rings. The topological polar surface area (TPSA) is 75.7 Å². The first-order valence-electron chi connectivity index (χ1n) is 9.86. The summed E-state index contributed by atoms with van der Waals surface area (Å²) in [4.78, 5) is 12.5. The maximum Gasteiger partial charge on any atom is 0.243 e. The third-order valence-electron chi connectivity index (χ3n) is 4.38. The smallest absolute Gasteiger partial charge is 0.243 e. The number of carbonyl (C=O) groups is 1. The molecule has 0 aliphatic heterocycles. The van der Waals surface area contributed by atoms with Crippen molar-refractivity contribution >= 4 is 21.6 Å². The molecule has 1 N–H and O–H groups in total. The minimum absolute atomic E-state index is 0.0972. The normalized spacial score (nSPS) is 12.5. The van der Waals surface area contributed by atoms with Gasteiger partial charge in [0, 0.05) is 6.54 Å². The molecule has 1 amide bonds. The number of aryl methyl sites for hydroxylation is 1. The largest absolute Gasteiger partial charge is 0.491 e. The van der Waals surface area contributed by atoms with Crippen LogP contribution in [-0.2, 0) is 21.2 Å². The molecule has 0 aliphatic carbocycles. The van der Waals surface area contributed by atoms with Crippen molar-refractivity contribution in [2.45, 2.75) is 45.8 Å². The molecule has 0 saturated heterocycles. The lowest BCUT2D eigenvalue weighted by Gasteiger charge is -2.28. The summed E-state index contributed by atoms with van der Waals surface area (Å²) in [5.74, 6) is -0.0861. The number of ether oxygens (including phenoxy) is 1. The van der Waals surface area contributed by atoms with E-state index in [-0.39, 0.29) is 11.8 Å². The van der Waals surface area contributed by atoms with Crippen LogP contribution in [0.25, 0.3) is 0 Å². The van der Waals surface area contributed by atoms with Crippen LogP contribution in [-0.4, -0.2) is 39.3 Å². The molecule has 0 fully saturated rings. The van der Waals surface area contributed by atoms with Gasteiger partial charge in [0.2, 0.25) is 15.9 Å². The van der Waals surface area contributed by atoms with E-state index in [1.54, 1.807) is 0 Å². The lowest BCUT2D eigenvalue weighted by Crippen LogP contribution is -2.48. The van der Waals surface area contributed by atoms with Crippen molar-refractivity contribution in [3.05, 3.63) is 59.9 Å². The number of amides is 1. The minimum Gasteiger partial charge on any atom is -0.491 e. The number of benzene rings is 2. The second kappa shape index (κ2) is 10.4. The predicted molar refractivity (Wildman–Crippen MR) is 117 cm³/mol. The zero-order valence-electron chi connectivity index (χ0n) is 17.8. The van der Waals surface area contributed by atoms with Crippen LogP contribution in [0.4, 0.5) is 10.1 Å². The van der Waals surface area contributed by atoms with Crippen LogP contribution in [0.3, 0.4) is 0 Å². The molecule has 2 aromatic carbocycles. The Morgan fingerprint density at radius 2 is 1.80 bits per heavy atom. The molecule has 1 atom stereocenters. The molecular weight excluding hydrogens is 407 g/mol. The van der Waals surface area contributed by atoms with Crippen molar-refractivity contribution in [1.29, 1.82) is 0 Å². The van der Waals surface area contributed by atoms with Crippen molar-refractivity contribution in [3.8, 4) is 5.75 Å². The Kier molecular flexibility index (Phi) is 8.23. The zero-order valence-corrected chi connectivity index (χ0v) is 18.6. The van der Waals surface area contributed by atoms with Gasteiger partial charge < -0.3 is 10.1 Å². The van der Waals surface area contributed by atoms with Crippen LogP contribution in [0.2, 0.25) is 0 Å². The number of carbonyl (C=O) groups excluding carboxylic acids is 1. The predicted octanol–water partition coefficient (Wildman–Crippen LogP) is 3.52. The van der Waals surface area contributed by atoms with E-state index in [1.165, 1.54) is 19.1 Å². The average molecular weight is 437 g/mol. The standard InChI is InChI=1S/C22H29FN2O4S/c1-16(2)29-21-9-5-7-18(15-21)8-6-14-24-22(26)17(3)25(30(4,27)28)20-12-10-19(23)11-13-20/h5,7,9-13,15-17H,6,8,14H2,1-4H3,(H,24,26)/t17-/m0/s1. The van der Waals surface area contributed by atoms with Gasteiger partial charge in [-0.1, -0.05) is 12.1 Å². The monoisotopic (exact) mass is 436 g/mol. The fourth-order valence-corrected chi connectivity index (χ4v) is 4.27. The number of rotatable bonds is 10. The van der Waals surface area contributed by atoms with Crippen LogP contribution in [0.5, 0.6) is 5.75 Å². The van der Waals surface area contributed by atoms with E-state index in [1.807, 2.05) is 38.1 Å². The third-order valence-corrected chi connectivity index (χ3v) is 5.62. The molecule has 0 aliphatic rings. The van der Waals surface area contributed by atoms with Gasteiger partial charge in [0.15, 0.2) is 0 Å². The number of halogens is 1. The summed E-state index contributed by atoms with van der Waals surface area (Å²) in [5.41, 5.74) is 1.34. The summed E-state index contributed by atoms with van der Waals surface area (Å²) in [7, 11) is -3.73. The first kappa shape index (κ1) is 23.7. The summed E-state index contributed by atoms with van der Waals surface area (Å²) in [5, 5.41) is 2.78. The van der Waals surface area contributed by atoms with Crippen LogP contribution >= 0.6 is 0 Å². The van der Waals surface area contributed by atoms with E-state index in [4.69, 9.17) is 4.74 Å². The van der Waals surface area contributed by atoms with Crippen molar-refractivity contribution in [2.24, 2.45) is 0 Å². The van der Waals surface area contributed by atoms with Gasteiger partial charge in [-0.2, -0.15) is 0 Å². The second-order valence-electron chi connectivity index (χ2n) is 7.42. The Morgan fingerprint density at radius 1 is 1.13 bits per heavy atom. The van der Waals surface area contributed by atoms with Crippen molar-refractivity contribution in [2.75, 3.05) is 17.1 Å². The number of nitrogens with zero attached hydrogens (tertiary/aromatic N) is 1. The van der Waals surface area contributed by atoms with Gasteiger partial charge in [-0.25, -0.2) is 12.8 Å². The van der Waals surface area contributed by atoms with E-state index in [2.05, 4.69) is 5.32 Å². The first-order chi connectivity index (χ1) is 14.1. The maximum atomic E-state index is 13.2. The highest BCUT2D eigenvalue weighted by Gasteiger charge is 2.28. The molecule has 0 heterocycles. The quantitative estimate of drug-likeness (QED) is 0.578. The van der Waals surface area contributed by atoms with Crippen LogP contribution in [0, 0.1) is 5.82 Å². The molecule has 30 heavy (non-hydrogen) atoms. The van der Waals surface area contributed by atoms with Gasteiger partial charge in [0.1, 0.15) is 17.6 Å². The lowest BCUT2D eigenvalue weighted by molar-refractivity contribution is -0.121. The molecule has 0 bridgehead atoms. The summed E-state index contributed by atoms with van der Waals surface area (Å²) < 4.78 is 44.3. The molecule has 0 radical (unpaired) electrons. The van der Waals surface area contributed by atoms with Crippen molar-refractivity contribution < 1.29 is 22.3 Å². The second-order valence-corrected chi connectivity index (χ2v) is 9.28. The van der Waals surface area contributed by atoms with E-state index < -0.39 is 27.8 Å². The van der Waals surface area contributed by atoms with Crippen LogP contribution in [0.15, 0.2) is 48.5 Å². The Balaban J connectivity index is 1.93. The Hall–Kier alpha value is -2.61. The number of hydrogen-bond acceptors (Lipinski definition) is 4. The summed E-state index contributed by atoms with van der Waals surface area (Å²) >= 11 is 0. The van der Waals surface area contributed by atoms with Crippen molar-refractivity contribution in [3.63, 3.8) is 0 Å². The summed E-state index contributed by atoms with van der Waals surface area (Å²) in [6, 6.07) is 11.8. The maximum absolute atomic E-state index is 13.2. The molecule has 6 nitrogen and oxygen atoms in total. The van der Waals surface area contributed by atoms with Gasteiger partial charge in [-0.05, 0) is 75.6 Å². The third kappa shape index (κ3) is 7.02. The van der Waals surface area contributed by atoms with E-state index >= 15 is 0 Å². The molecule has 0 saturated carbocycles. The molecular formula is C22H29FN2O4S. The summed E-state index contributed by atoms with van der Waals surface area (Å²) in [6.45, 7) is 5.84. The Morgan fingerprint density at radius 3 is 2.40 bits per heavy atom. The number of nitrogens with one attached hydrogen (secondary N) is 1. The minimum atomic E-state index is -3.73. The van der Waals surface area contributed by atoms with Crippen LogP contribution in [0.1, 0.15) is 32.8 Å².